The molecule has 1 aromatic carbocycles. The Morgan fingerprint density at radius 2 is 1.78 bits per heavy atom. The first-order valence-corrected chi connectivity index (χ1v) is 7.93. The molecule has 5 nitrogen and oxygen atoms in total. The number of halogens is 1. The maximum absolute atomic E-state index is 13.4. The maximum Gasteiger partial charge on any atom is 0.251 e. The van der Waals surface area contributed by atoms with E-state index in [9.17, 15) is 14.0 Å². The number of aryl methyl sites for hydroxylation is 1. The van der Waals surface area contributed by atoms with Crippen LogP contribution in [0.1, 0.15) is 42.6 Å². The Bertz CT molecular complexity index is 549. The van der Waals surface area contributed by atoms with Gasteiger partial charge in [-0.1, -0.05) is 19.9 Å². The molecule has 0 atom stereocenters. The minimum Gasteiger partial charge on any atom is -0.354 e. The number of carbonyl (C=O) groups excluding carboxylic acids is 2. The summed E-state index contributed by atoms with van der Waals surface area (Å²) in [7, 11) is 0. The lowest BCUT2D eigenvalue weighted by Gasteiger charge is -2.28. The molecule has 2 amide bonds. The number of benzene rings is 1. The van der Waals surface area contributed by atoms with E-state index in [1.165, 1.54) is 6.07 Å². The first-order valence-electron chi connectivity index (χ1n) is 7.93. The maximum atomic E-state index is 13.4. The van der Waals surface area contributed by atoms with Gasteiger partial charge >= 0.3 is 0 Å². The van der Waals surface area contributed by atoms with Crippen LogP contribution in [0.25, 0.3) is 0 Å². The Hall–Kier alpha value is -1.95. The van der Waals surface area contributed by atoms with E-state index in [4.69, 9.17) is 5.73 Å². The second-order valence-electron chi connectivity index (χ2n) is 5.67. The highest BCUT2D eigenvalue weighted by atomic mass is 19.1. The van der Waals surface area contributed by atoms with Gasteiger partial charge in [0.15, 0.2) is 0 Å². The first-order chi connectivity index (χ1) is 10.9. The van der Waals surface area contributed by atoms with E-state index in [0.29, 0.717) is 31.5 Å². The summed E-state index contributed by atoms with van der Waals surface area (Å²) in [5.74, 6) is -0.876. The molecule has 0 aliphatic carbocycles. The van der Waals surface area contributed by atoms with Gasteiger partial charge in [0.2, 0.25) is 5.91 Å². The number of nitrogens with two attached hydrogens (primary N) is 1. The molecule has 23 heavy (non-hydrogen) atoms. The number of carbonyl (C=O) groups is 2. The number of nitrogens with one attached hydrogen (secondary N) is 2. The lowest BCUT2D eigenvalue weighted by Crippen LogP contribution is -2.47. The Balaban J connectivity index is 2.46. The SMILES string of the molecule is CCC(CC)(CN)C(=O)NCCNC(=O)c1ccc(C)c(F)c1. The molecule has 4 N–H and O–H groups in total. The van der Waals surface area contributed by atoms with Crippen molar-refractivity contribution in [2.24, 2.45) is 11.1 Å². The summed E-state index contributed by atoms with van der Waals surface area (Å²) in [5, 5.41) is 5.45. The first kappa shape index (κ1) is 19.1. The zero-order valence-electron chi connectivity index (χ0n) is 14.0. The van der Waals surface area contributed by atoms with Crippen LogP contribution in [0.3, 0.4) is 0 Å². The molecule has 0 spiro atoms. The fourth-order valence-electron chi connectivity index (χ4n) is 2.33. The van der Waals surface area contributed by atoms with Crippen LogP contribution in [0.5, 0.6) is 0 Å². The van der Waals surface area contributed by atoms with Gasteiger partial charge < -0.3 is 16.4 Å². The largest absolute Gasteiger partial charge is 0.354 e. The molecular formula is C17H26FN3O2. The van der Waals surface area contributed by atoms with Crippen LogP contribution < -0.4 is 16.4 Å². The van der Waals surface area contributed by atoms with E-state index in [1.54, 1.807) is 19.1 Å². The fourth-order valence-corrected chi connectivity index (χ4v) is 2.33. The van der Waals surface area contributed by atoms with Crippen molar-refractivity contribution >= 4 is 11.8 Å². The van der Waals surface area contributed by atoms with Crippen molar-refractivity contribution in [1.29, 1.82) is 0 Å². The molecule has 1 aromatic rings. The van der Waals surface area contributed by atoms with Crippen LogP contribution in [0.2, 0.25) is 0 Å². The van der Waals surface area contributed by atoms with Gasteiger partial charge in [0, 0.05) is 25.2 Å². The smallest absolute Gasteiger partial charge is 0.251 e. The third-order valence-electron chi connectivity index (χ3n) is 4.36. The molecule has 0 bridgehead atoms. The zero-order valence-corrected chi connectivity index (χ0v) is 14.0. The number of hydrogen-bond acceptors (Lipinski definition) is 3. The van der Waals surface area contributed by atoms with E-state index in [-0.39, 0.29) is 23.9 Å². The average molecular weight is 323 g/mol. The van der Waals surface area contributed by atoms with Gasteiger partial charge in [-0.2, -0.15) is 0 Å². The second kappa shape index (κ2) is 8.62. The third-order valence-corrected chi connectivity index (χ3v) is 4.36. The summed E-state index contributed by atoms with van der Waals surface area (Å²) in [6, 6.07) is 4.33. The summed E-state index contributed by atoms with van der Waals surface area (Å²) < 4.78 is 13.4. The van der Waals surface area contributed by atoms with Crippen molar-refractivity contribution in [2.45, 2.75) is 33.6 Å². The van der Waals surface area contributed by atoms with Crippen molar-refractivity contribution in [2.75, 3.05) is 19.6 Å². The Kier molecular flexibility index (Phi) is 7.16. The van der Waals surface area contributed by atoms with E-state index in [2.05, 4.69) is 10.6 Å². The normalized spacial score (nSPS) is 11.2. The van der Waals surface area contributed by atoms with Gasteiger partial charge in [-0.3, -0.25) is 9.59 Å². The second-order valence-corrected chi connectivity index (χ2v) is 5.67. The summed E-state index contributed by atoms with van der Waals surface area (Å²) >= 11 is 0. The molecule has 128 valence electrons. The van der Waals surface area contributed by atoms with Crippen molar-refractivity contribution in [3.8, 4) is 0 Å². The van der Waals surface area contributed by atoms with Crippen LogP contribution in [0.4, 0.5) is 4.39 Å². The number of amides is 2. The molecule has 0 aromatic heterocycles. The molecule has 0 radical (unpaired) electrons. The predicted molar refractivity (Wildman–Crippen MR) is 88.5 cm³/mol. The molecule has 1 rings (SSSR count). The predicted octanol–water partition coefficient (Wildman–Crippen LogP) is 1.75. The van der Waals surface area contributed by atoms with E-state index in [1.807, 2.05) is 13.8 Å². The Labute approximate surface area is 136 Å². The minimum absolute atomic E-state index is 0.0966. The van der Waals surface area contributed by atoms with Crippen LogP contribution in [0, 0.1) is 18.2 Å². The van der Waals surface area contributed by atoms with E-state index in [0.717, 1.165) is 0 Å². The molecule has 0 heterocycles. The van der Waals surface area contributed by atoms with Crippen molar-refractivity contribution in [1.82, 2.24) is 10.6 Å². The Morgan fingerprint density at radius 1 is 1.17 bits per heavy atom. The summed E-state index contributed by atoms with van der Waals surface area (Å²) in [6.07, 6.45) is 1.33. The van der Waals surface area contributed by atoms with Gasteiger partial charge in [0.1, 0.15) is 5.82 Å². The molecule has 0 unspecified atom stereocenters. The summed E-state index contributed by atoms with van der Waals surface area (Å²) in [6.45, 7) is 6.38. The van der Waals surface area contributed by atoms with Gasteiger partial charge in [-0.25, -0.2) is 4.39 Å². The average Bonchev–Trinajstić information content (AvgIpc) is 2.56. The lowest BCUT2D eigenvalue weighted by molar-refractivity contribution is -0.130. The topological polar surface area (TPSA) is 84.2 Å². The lowest BCUT2D eigenvalue weighted by atomic mass is 9.81. The highest BCUT2D eigenvalue weighted by molar-refractivity contribution is 5.94. The number of hydrogen-bond donors (Lipinski definition) is 3. The van der Waals surface area contributed by atoms with Gasteiger partial charge in [-0.15, -0.1) is 0 Å². The molecule has 6 heteroatoms. The molecule has 0 aliphatic heterocycles. The van der Waals surface area contributed by atoms with Crippen LogP contribution in [-0.2, 0) is 4.79 Å². The fraction of sp³-hybridized carbons (Fsp3) is 0.529. The van der Waals surface area contributed by atoms with Gasteiger partial charge in [0.05, 0.1) is 5.41 Å². The van der Waals surface area contributed by atoms with Crippen LogP contribution in [0.15, 0.2) is 18.2 Å². The number of rotatable bonds is 8. The van der Waals surface area contributed by atoms with E-state index < -0.39 is 11.2 Å². The van der Waals surface area contributed by atoms with Gasteiger partial charge in [0.25, 0.3) is 5.91 Å². The highest BCUT2D eigenvalue weighted by Gasteiger charge is 2.32. The molecule has 0 aliphatic rings. The quantitative estimate of drug-likeness (QED) is 0.637. The highest BCUT2D eigenvalue weighted by Crippen LogP contribution is 2.24. The van der Waals surface area contributed by atoms with E-state index >= 15 is 0 Å². The van der Waals surface area contributed by atoms with Crippen LogP contribution >= 0.6 is 0 Å². The summed E-state index contributed by atoms with van der Waals surface area (Å²) in [4.78, 5) is 24.1. The van der Waals surface area contributed by atoms with Crippen molar-refractivity contribution in [3.05, 3.63) is 35.1 Å². The third kappa shape index (κ3) is 4.76. The summed E-state index contributed by atoms with van der Waals surface area (Å²) in [5.41, 5.74) is 5.92. The van der Waals surface area contributed by atoms with Crippen molar-refractivity contribution < 1.29 is 14.0 Å². The zero-order chi connectivity index (χ0) is 17.5. The monoisotopic (exact) mass is 323 g/mol. The molecular weight excluding hydrogens is 297 g/mol. The van der Waals surface area contributed by atoms with Crippen molar-refractivity contribution in [3.63, 3.8) is 0 Å². The molecule has 0 saturated carbocycles. The van der Waals surface area contributed by atoms with Gasteiger partial charge in [-0.05, 0) is 37.5 Å². The molecule has 0 fully saturated rings. The standard InChI is InChI=1S/C17H26FN3O2/c1-4-17(5-2,11-19)16(23)21-9-8-20-15(22)13-7-6-12(3)14(18)10-13/h6-7,10H,4-5,8-9,11,19H2,1-3H3,(H,20,22)(H,21,23). The van der Waals surface area contributed by atoms with Crippen LogP contribution in [-0.4, -0.2) is 31.4 Å². The Morgan fingerprint density at radius 3 is 2.30 bits per heavy atom. The minimum atomic E-state index is -0.551. The molecule has 0 saturated heterocycles.